The van der Waals surface area contributed by atoms with Gasteiger partial charge in [-0.1, -0.05) is 48.9 Å². The molecule has 0 aliphatic carbocycles. The van der Waals surface area contributed by atoms with Crippen LogP contribution >= 0.6 is 11.6 Å². The number of likely N-dealkylation sites (N-methyl/N-ethyl adjacent to an activating group) is 1. The van der Waals surface area contributed by atoms with Crippen molar-refractivity contribution in [2.45, 2.75) is 32.9 Å². The standard InChI is InChI=1S/C18H19ClFN3O3S.CH4/c1-11-4-3-5-12(8-11)16-10-17(23(2)27(25,26)22-16)18(24)21-13-6-7-15(20)14(19)9-13;/h3-9,16-17,22H,10H2,1-2H3,(H,21,24);1H4. The number of carbonyl (C=O) groups excluding carboxylic acids is 1. The summed E-state index contributed by atoms with van der Waals surface area (Å²) in [4.78, 5) is 12.7. The van der Waals surface area contributed by atoms with Gasteiger partial charge in [-0.3, -0.25) is 4.79 Å². The highest BCUT2D eigenvalue weighted by Crippen LogP contribution is 2.29. The van der Waals surface area contributed by atoms with Crippen LogP contribution in [0.4, 0.5) is 10.1 Å². The van der Waals surface area contributed by atoms with Gasteiger partial charge < -0.3 is 5.32 Å². The first-order valence-electron chi connectivity index (χ1n) is 8.25. The summed E-state index contributed by atoms with van der Waals surface area (Å²) in [6, 6.07) is 9.78. The second kappa shape index (κ2) is 8.57. The summed E-state index contributed by atoms with van der Waals surface area (Å²) in [5, 5.41) is 2.48. The van der Waals surface area contributed by atoms with Gasteiger partial charge in [0.25, 0.3) is 10.2 Å². The molecule has 2 atom stereocenters. The fourth-order valence-corrected chi connectivity index (χ4v) is 4.47. The third-order valence-electron chi connectivity index (χ3n) is 4.50. The van der Waals surface area contributed by atoms with Crippen LogP contribution in [0.3, 0.4) is 0 Å². The lowest BCUT2D eigenvalue weighted by atomic mass is 9.98. The van der Waals surface area contributed by atoms with Crippen molar-refractivity contribution in [3.05, 3.63) is 64.4 Å². The Balaban J connectivity index is 0.00000280. The van der Waals surface area contributed by atoms with Gasteiger partial charge >= 0.3 is 0 Å². The Kier molecular flexibility index (Phi) is 6.82. The zero-order valence-corrected chi connectivity index (χ0v) is 16.3. The fourth-order valence-electron chi connectivity index (χ4n) is 3.01. The van der Waals surface area contributed by atoms with E-state index in [0.717, 1.165) is 21.5 Å². The molecule has 28 heavy (non-hydrogen) atoms. The quantitative estimate of drug-likeness (QED) is 0.784. The minimum Gasteiger partial charge on any atom is -0.325 e. The highest BCUT2D eigenvalue weighted by atomic mass is 35.5. The Morgan fingerprint density at radius 2 is 2.00 bits per heavy atom. The van der Waals surface area contributed by atoms with E-state index in [1.54, 1.807) is 0 Å². The number of hydrogen-bond acceptors (Lipinski definition) is 3. The third kappa shape index (κ3) is 4.70. The van der Waals surface area contributed by atoms with Gasteiger partial charge in [0.05, 0.1) is 5.02 Å². The zero-order chi connectivity index (χ0) is 19.8. The van der Waals surface area contributed by atoms with Gasteiger partial charge in [0.1, 0.15) is 11.9 Å². The van der Waals surface area contributed by atoms with Gasteiger partial charge in [0.2, 0.25) is 5.91 Å². The monoisotopic (exact) mass is 427 g/mol. The molecule has 0 aromatic heterocycles. The number of nitrogens with one attached hydrogen (secondary N) is 2. The molecule has 0 radical (unpaired) electrons. The molecule has 1 fully saturated rings. The number of amides is 1. The highest BCUT2D eigenvalue weighted by molar-refractivity contribution is 7.87. The summed E-state index contributed by atoms with van der Waals surface area (Å²) in [6.45, 7) is 1.91. The van der Waals surface area contributed by atoms with E-state index in [9.17, 15) is 17.6 Å². The molecule has 6 nitrogen and oxygen atoms in total. The predicted molar refractivity (Wildman–Crippen MR) is 109 cm³/mol. The van der Waals surface area contributed by atoms with Crippen molar-refractivity contribution in [2.75, 3.05) is 12.4 Å². The summed E-state index contributed by atoms with van der Waals surface area (Å²) in [5.41, 5.74) is 2.07. The van der Waals surface area contributed by atoms with E-state index < -0.39 is 34.0 Å². The Labute approximate surface area is 169 Å². The molecule has 152 valence electrons. The molecule has 1 aliphatic heterocycles. The number of aryl methyl sites for hydroxylation is 1. The molecule has 1 heterocycles. The maximum atomic E-state index is 13.3. The molecule has 0 saturated carbocycles. The summed E-state index contributed by atoms with van der Waals surface area (Å²) in [5.74, 6) is -1.11. The zero-order valence-electron chi connectivity index (χ0n) is 14.7. The summed E-state index contributed by atoms with van der Waals surface area (Å²) in [7, 11) is -2.49. The normalized spacial score (nSPS) is 21.6. The second-order valence-electron chi connectivity index (χ2n) is 6.48. The molecule has 1 saturated heterocycles. The van der Waals surface area contributed by atoms with Crippen molar-refractivity contribution in [1.29, 1.82) is 0 Å². The van der Waals surface area contributed by atoms with Crippen LogP contribution in [-0.2, 0) is 15.0 Å². The number of nitrogens with zero attached hydrogens (tertiary/aromatic N) is 1. The molecule has 2 aromatic carbocycles. The van der Waals surface area contributed by atoms with Crippen molar-refractivity contribution >= 4 is 33.4 Å². The van der Waals surface area contributed by atoms with E-state index in [2.05, 4.69) is 10.0 Å². The summed E-state index contributed by atoms with van der Waals surface area (Å²) >= 11 is 5.73. The lowest BCUT2D eigenvalue weighted by Crippen LogP contribution is -2.55. The number of hydrogen-bond donors (Lipinski definition) is 2. The average molecular weight is 428 g/mol. The van der Waals surface area contributed by atoms with Crippen LogP contribution in [0.15, 0.2) is 42.5 Å². The van der Waals surface area contributed by atoms with Crippen LogP contribution in [0.25, 0.3) is 0 Å². The average Bonchev–Trinajstić information content (AvgIpc) is 2.60. The number of benzene rings is 2. The molecule has 2 aromatic rings. The van der Waals surface area contributed by atoms with Crippen LogP contribution in [0.5, 0.6) is 0 Å². The predicted octanol–water partition coefficient (Wildman–Crippen LogP) is 3.64. The fraction of sp³-hybridized carbons (Fsp3) is 0.316. The van der Waals surface area contributed by atoms with E-state index in [1.807, 2.05) is 31.2 Å². The van der Waals surface area contributed by atoms with Crippen LogP contribution in [0, 0.1) is 12.7 Å². The maximum absolute atomic E-state index is 13.3. The van der Waals surface area contributed by atoms with E-state index in [1.165, 1.54) is 19.2 Å². The summed E-state index contributed by atoms with van der Waals surface area (Å²) < 4.78 is 41.8. The molecule has 1 aliphatic rings. The third-order valence-corrected chi connectivity index (χ3v) is 6.39. The molecule has 2 unspecified atom stereocenters. The van der Waals surface area contributed by atoms with Crippen molar-refractivity contribution in [1.82, 2.24) is 9.03 Å². The second-order valence-corrected chi connectivity index (χ2v) is 8.64. The Hall–Kier alpha value is -2.00. The molecular formula is C19H23ClFN3O3S. The van der Waals surface area contributed by atoms with E-state index >= 15 is 0 Å². The SMILES string of the molecule is C.Cc1cccc(C2CC(C(=O)Nc3ccc(F)c(Cl)c3)N(C)S(=O)(=O)N2)c1. The van der Waals surface area contributed by atoms with Crippen molar-refractivity contribution < 1.29 is 17.6 Å². The lowest BCUT2D eigenvalue weighted by molar-refractivity contribution is -0.120. The van der Waals surface area contributed by atoms with Gasteiger partial charge in [0, 0.05) is 18.8 Å². The van der Waals surface area contributed by atoms with E-state index in [4.69, 9.17) is 11.6 Å². The maximum Gasteiger partial charge on any atom is 0.280 e. The molecular weight excluding hydrogens is 405 g/mol. The van der Waals surface area contributed by atoms with E-state index in [0.29, 0.717) is 5.69 Å². The van der Waals surface area contributed by atoms with Crippen LogP contribution in [0.2, 0.25) is 5.02 Å². The number of carbonyl (C=O) groups is 1. The van der Waals surface area contributed by atoms with Gasteiger partial charge in [0.15, 0.2) is 0 Å². The minimum absolute atomic E-state index is 0. The topological polar surface area (TPSA) is 78.5 Å². The molecule has 2 N–H and O–H groups in total. The van der Waals surface area contributed by atoms with Gasteiger partial charge in [-0.05, 0) is 37.1 Å². The summed E-state index contributed by atoms with van der Waals surface area (Å²) in [6.07, 6.45) is 0.250. The number of anilines is 1. The van der Waals surface area contributed by atoms with Gasteiger partial charge in [-0.2, -0.15) is 17.4 Å². The Bertz CT molecular complexity index is 984. The first-order chi connectivity index (χ1) is 12.7. The van der Waals surface area contributed by atoms with Crippen molar-refractivity contribution in [3.8, 4) is 0 Å². The number of halogens is 2. The Morgan fingerprint density at radius 1 is 1.29 bits per heavy atom. The van der Waals surface area contributed by atoms with Crippen LogP contribution in [-0.4, -0.2) is 31.7 Å². The molecule has 9 heteroatoms. The van der Waals surface area contributed by atoms with Gasteiger partial charge in [-0.25, -0.2) is 4.39 Å². The first kappa shape index (κ1) is 22.3. The lowest BCUT2D eigenvalue weighted by Gasteiger charge is -2.36. The first-order valence-corrected chi connectivity index (χ1v) is 10.1. The minimum atomic E-state index is -3.84. The van der Waals surface area contributed by atoms with Crippen LogP contribution < -0.4 is 10.0 Å². The van der Waals surface area contributed by atoms with Crippen molar-refractivity contribution in [3.63, 3.8) is 0 Å². The number of rotatable bonds is 3. The molecule has 0 bridgehead atoms. The van der Waals surface area contributed by atoms with Crippen molar-refractivity contribution in [2.24, 2.45) is 0 Å². The van der Waals surface area contributed by atoms with Crippen LogP contribution in [0.1, 0.15) is 31.0 Å². The Morgan fingerprint density at radius 3 is 2.64 bits per heavy atom. The molecule has 0 spiro atoms. The molecule has 3 rings (SSSR count). The molecule has 1 amide bonds. The highest BCUT2D eigenvalue weighted by Gasteiger charge is 2.40. The van der Waals surface area contributed by atoms with Gasteiger partial charge in [-0.15, -0.1) is 0 Å². The van der Waals surface area contributed by atoms with E-state index in [-0.39, 0.29) is 18.9 Å². The smallest absolute Gasteiger partial charge is 0.280 e. The largest absolute Gasteiger partial charge is 0.325 e.